The fraction of sp³-hybridized carbons (Fsp3) is 0.938. The number of carbonyl (C=O) groups is 1. The van der Waals surface area contributed by atoms with Gasteiger partial charge in [0.15, 0.2) is 0 Å². The fourth-order valence-electron chi connectivity index (χ4n) is 3.03. The van der Waals surface area contributed by atoms with Gasteiger partial charge in [-0.1, -0.05) is 13.8 Å². The van der Waals surface area contributed by atoms with Gasteiger partial charge in [-0.15, -0.1) is 0 Å². The van der Waals surface area contributed by atoms with Crippen LogP contribution >= 0.6 is 11.8 Å². The summed E-state index contributed by atoms with van der Waals surface area (Å²) in [5.74, 6) is 1.69. The van der Waals surface area contributed by atoms with Gasteiger partial charge < -0.3 is 15.1 Å². The van der Waals surface area contributed by atoms with Gasteiger partial charge in [0.2, 0.25) is 0 Å². The Morgan fingerprint density at radius 1 is 1.18 bits per heavy atom. The van der Waals surface area contributed by atoms with Crippen LogP contribution in [0.1, 0.15) is 20.8 Å². The highest BCUT2D eigenvalue weighted by molar-refractivity contribution is 8.00. The predicted octanol–water partition coefficient (Wildman–Crippen LogP) is 1.41. The van der Waals surface area contributed by atoms with Crippen molar-refractivity contribution in [3.8, 4) is 0 Å². The molecule has 0 aliphatic carbocycles. The number of amides is 2. The maximum atomic E-state index is 12.4. The highest BCUT2D eigenvalue weighted by Gasteiger charge is 2.27. The second-order valence-corrected chi connectivity index (χ2v) is 8.40. The molecule has 2 aliphatic rings. The molecule has 0 saturated carbocycles. The molecule has 0 unspecified atom stereocenters. The molecule has 128 valence electrons. The lowest BCUT2D eigenvalue weighted by Crippen LogP contribution is -2.53. The maximum Gasteiger partial charge on any atom is 0.317 e. The molecule has 1 N–H and O–H groups in total. The number of piperazine rings is 1. The number of nitrogens with zero attached hydrogens (tertiary/aromatic N) is 3. The molecule has 2 fully saturated rings. The normalized spacial score (nSPS) is 26.2. The van der Waals surface area contributed by atoms with Crippen LogP contribution in [0.5, 0.6) is 0 Å². The van der Waals surface area contributed by atoms with Crippen LogP contribution in [-0.2, 0) is 0 Å². The van der Waals surface area contributed by atoms with E-state index < -0.39 is 0 Å². The molecule has 2 saturated heterocycles. The number of likely N-dealkylation sites (N-methyl/N-ethyl adjacent to an activating group) is 1. The molecule has 0 aromatic rings. The Hall–Kier alpha value is -0.460. The third-order valence-corrected chi connectivity index (χ3v) is 6.16. The van der Waals surface area contributed by atoms with Gasteiger partial charge in [-0.05, 0) is 19.9 Å². The Bertz CT molecular complexity index is 358. The number of nitrogens with one attached hydrogen (secondary N) is 1. The van der Waals surface area contributed by atoms with Crippen LogP contribution in [-0.4, -0.2) is 90.6 Å². The molecule has 2 aliphatic heterocycles. The van der Waals surface area contributed by atoms with Gasteiger partial charge in [-0.3, -0.25) is 4.90 Å². The molecule has 2 rings (SSSR count). The Morgan fingerprint density at radius 2 is 1.86 bits per heavy atom. The van der Waals surface area contributed by atoms with E-state index in [0.29, 0.717) is 11.2 Å². The lowest BCUT2D eigenvalue weighted by Gasteiger charge is -2.36. The summed E-state index contributed by atoms with van der Waals surface area (Å²) in [7, 11) is 2.17. The van der Waals surface area contributed by atoms with E-state index in [9.17, 15) is 4.79 Å². The molecule has 6 heteroatoms. The lowest BCUT2D eigenvalue weighted by atomic mass is 10.1. The van der Waals surface area contributed by atoms with Gasteiger partial charge in [0.1, 0.15) is 0 Å². The average Bonchev–Trinajstić information content (AvgIpc) is 2.49. The first-order valence-electron chi connectivity index (χ1n) is 8.53. The maximum absolute atomic E-state index is 12.4. The van der Waals surface area contributed by atoms with Gasteiger partial charge in [-0.2, -0.15) is 11.8 Å². The van der Waals surface area contributed by atoms with E-state index >= 15 is 0 Å². The zero-order chi connectivity index (χ0) is 16.1. The minimum absolute atomic E-state index is 0.118. The molecule has 0 aromatic heterocycles. The third kappa shape index (κ3) is 5.32. The Balaban J connectivity index is 1.73. The van der Waals surface area contributed by atoms with Crippen LogP contribution in [0.15, 0.2) is 0 Å². The largest absolute Gasteiger partial charge is 0.334 e. The molecule has 0 spiro atoms. The zero-order valence-corrected chi connectivity index (χ0v) is 15.4. The van der Waals surface area contributed by atoms with Gasteiger partial charge in [-0.25, -0.2) is 4.79 Å². The van der Waals surface area contributed by atoms with Crippen molar-refractivity contribution in [2.24, 2.45) is 5.92 Å². The topological polar surface area (TPSA) is 38.8 Å². The standard InChI is InChI=1S/C16H32N4OS/c1-13(2)15-12-20(9-10-22-15)16(21)17-14(3)11-19-7-5-18(4)6-8-19/h13-15H,5-12H2,1-4H3,(H,17,21)/t14-,15+/m1/s1. The Labute approximate surface area is 139 Å². The number of rotatable bonds is 4. The first kappa shape index (κ1) is 17.9. The van der Waals surface area contributed by atoms with E-state index in [1.807, 2.05) is 16.7 Å². The van der Waals surface area contributed by atoms with Crippen LogP contribution in [0, 0.1) is 5.92 Å². The fourth-order valence-corrected chi connectivity index (χ4v) is 4.33. The molecular formula is C16H32N4OS. The first-order valence-corrected chi connectivity index (χ1v) is 9.58. The number of urea groups is 1. The second-order valence-electron chi connectivity index (χ2n) is 7.05. The highest BCUT2D eigenvalue weighted by atomic mass is 32.2. The summed E-state index contributed by atoms with van der Waals surface area (Å²) in [6.07, 6.45) is 0. The van der Waals surface area contributed by atoms with Gasteiger partial charge >= 0.3 is 6.03 Å². The van der Waals surface area contributed by atoms with Crippen LogP contribution in [0.25, 0.3) is 0 Å². The molecule has 5 nitrogen and oxygen atoms in total. The van der Waals surface area contributed by atoms with Gasteiger partial charge in [0, 0.05) is 62.9 Å². The Kier molecular flexibility index (Phi) is 6.84. The van der Waals surface area contributed by atoms with E-state index in [4.69, 9.17) is 0 Å². The summed E-state index contributed by atoms with van der Waals surface area (Å²) in [5, 5.41) is 3.77. The van der Waals surface area contributed by atoms with E-state index in [-0.39, 0.29) is 12.1 Å². The van der Waals surface area contributed by atoms with E-state index in [1.54, 1.807) is 0 Å². The second kappa shape index (κ2) is 8.41. The van der Waals surface area contributed by atoms with Crippen LogP contribution in [0.3, 0.4) is 0 Å². The third-order valence-electron chi connectivity index (χ3n) is 4.62. The smallest absolute Gasteiger partial charge is 0.317 e. The SMILES string of the molecule is CC(C)[C@@H]1CN(C(=O)N[C@H](C)CN2CCN(C)CC2)CCS1. The molecule has 0 radical (unpaired) electrons. The minimum atomic E-state index is 0.118. The van der Waals surface area contributed by atoms with Crippen LogP contribution in [0.2, 0.25) is 0 Å². The van der Waals surface area contributed by atoms with Crippen molar-refractivity contribution in [2.45, 2.75) is 32.1 Å². The number of thioether (sulfide) groups is 1. The molecular weight excluding hydrogens is 296 g/mol. The van der Waals surface area contributed by atoms with Gasteiger partial charge in [0.05, 0.1) is 0 Å². The first-order chi connectivity index (χ1) is 10.5. The molecule has 2 amide bonds. The van der Waals surface area contributed by atoms with Crippen molar-refractivity contribution in [1.82, 2.24) is 20.0 Å². The molecule has 22 heavy (non-hydrogen) atoms. The van der Waals surface area contributed by atoms with Crippen molar-refractivity contribution in [2.75, 3.05) is 58.6 Å². The lowest BCUT2D eigenvalue weighted by molar-refractivity contribution is 0.141. The average molecular weight is 329 g/mol. The monoisotopic (exact) mass is 328 g/mol. The van der Waals surface area contributed by atoms with E-state index in [1.165, 1.54) is 0 Å². The molecule has 2 atom stereocenters. The molecule has 0 aromatic carbocycles. The predicted molar refractivity (Wildman–Crippen MR) is 94.6 cm³/mol. The summed E-state index contributed by atoms with van der Waals surface area (Å²) in [6, 6.07) is 0.329. The van der Waals surface area contributed by atoms with Crippen LogP contribution in [0.4, 0.5) is 4.79 Å². The number of carbonyl (C=O) groups excluding carboxylic acids is 1. The summed E-state index contributed by atoms with van der Waals surface area (Å²) in [4.78, 5) is 19.3. The summed E-state index contributed by atoms with van der Waals surface area (Å²) < 4.78 is 0. The summed E-state index contributed by atoms with van der Waals surface area (Å²) in [6.45, 7) is 13.8. The van der Waals surface area contributed by atoms with Crippen molar-refractivity contribution in [3.05, 3.63) is 0 Å². The van der Waals surface area contributed by atoms with E-state index in [0.717, 1.165) is 51.6 Å². The Morgan fingerprint density at radius 3 is 2.50 bits per heavy atom. The van der Waals surface area contributed by atoms with Crippen molar-refractivity contribution < 1.29 is 4.79 Å². The quantitative estimate of drug-likeness (QED) is 0.847. The van der Waals surface area contributed by atoms with Crippen molar-refractivity contribution in [3.63, 3.8) is 0 Å². The summed E-state index contributed by atoms with van der Waals surface area (Å²) in [5.41, 5.74) is 0. The molecule has 2 heterocycles. The number of hydrogen-bond donors (Lipinski definition) is 1. The summed E-state index contributed by atoms with van der Waals surface area (Å²) >= 11 is 2.01. The number of hydrogen-bond acceptors (Lipinski definition) is 4. The molecule has 0 bridgehead atoms. The van der Waals surface area contributed by atoms with E-state index in [2.05, 4.69) is 42.9 Å². The highest BCUT2D eigenvalue weighted by Crippen LogP contribution is 2.24. The van der Waals surface area contributed by atoms with Crippen LogP contribution < -0.4 is 5.32 Å². The van der Waals surface area contributed by atoms with Crippen molar-refractivity contribution >= 4 is 17.8 Å². The minimum Gasteiger partial charge on any atom is -0.334 e. The zero-order valence-electron chi connectivity index (χ0n) is 14.5. The van der Waals surface area contributed by atoms with Crippen molar-refractivity contribution in [1.29, 1.82) is 0 Å². The van der Waals surface area contributed by atoms with Gasteiger partial charge in [0.25, 0.3) is 0 Å².